The normalized spacial score (nSPS) is 17.9. The Morgan fingerprint density at radius 3 is 2.31 bits per heavy atom. The van der Waals surface area contributed by atoms with Crippen molar-refractivity contribution in [1.29, 1.82) is 0 Å². The third-order valence-electron chi connectivity index (χ3n) is 5.58. The molecular formula is C21H30N4O3S. The van der Waals surface area contributed by atoms with E-state index in [0.29, 0.717) is 29.7 Å². The molecule has 0 N–H and O–H groups in total. The van der Waals surface area contributed by atoms with Crippen molar-refractivity contribution in [2.75, 3.05) is 32.1 Å². The monoisotopic (exact) mass is 418 g/mol. The van der Waals surface area contributed by atoms with Gasteiger partial charge in [0.2, 0.25) is 10.0 Å². The van der Waals surface area contributed by atoms with Crippen molar-refractivity contribution in [2.24, 2.45) is 0 Å². The molecule has 0 bridgehead atoms. The van der Waals surface area contributed by atoms with E-state index in [4.69, 9.17) is 4.74 Å². The number of nitrogens with zero attached hydrogens (tertiary/aromatic N) is 4. The fourth-order valence-electron chi connectivity index (χ4n) is 3.78. The third-order valence-corrected chi connectivity index (χ3v) is 7.72. The molecule has 8 heteroatoms. The summed E-state index contributed by atoms with van der Waals surface area (Å²) in [6.45, 7) is 8.48. The molecule has 29 heavy (non-hydrogen) atoms. The minimum Gasteiger partial charge on any atom is -0.470 e. The number of rotatable bonds is 5. The first kappa shape index (κ1) is 21.5. The Morgan fingerprint density at radius 1 is 1.07 bits per heavy atom. The Kier molecular flexibility index (Phi) is 6.14. The first-order valence-electron chi connectivity index (χ1n) is 9.85. The number of anilines is 1. The van der Waals surface area contributed by atoms with Gasteiger partial charge in [-0.3, -0.25) is 0 Å². The molecule has 0 saturated carbocycles. The van der Waals surface area contributed by atoms with Crippen LogP contribution in [0.25, 0.3) is 0 Å². The van der Waals surface area contributed by atoms with Gasteiger partial charge in [-0.05, 0) is 62.8 Å². The Balaban J connectivity index is 1.88. The molecule has 3 rings (SSSR count). The van der Waals surface area contributed by atoms with E-state index in [2.05, 4.69) is 9.97 Å². The molecule has 7 nitrogen and oxygen atoms in total. The molecule has 1 aromatic carbocycles. The van der Waals surface area contributed by atoms with E-state index in [1.165, 1.54) is 0 Å². The Morgan fingerprint density at radius 2 is 1.69 bits per heavy atom. The zero-order chi connectivity index (χ0) is 21.3. The molecular weight excluding hydrogens is 388 g/mol. The van der Waals surface area contributed by atoms with Crippen LogP contribution < -0.4 is 9.64 Å². The predicted molar refractivity (Wildman–Crippen MR) is 114 cm³/mol. The van der Waals surface area contributed by atoms with Crippen molar-refractivity contribution in [2.45, 2.75) is 51.5 Å². The highest BCUT2D eigenvalue weighted by atomic mass is 32.2. The highest BCUT2D eigenvalue weighted by molar-refractivity contribution is 7.89. The summed E-state index contributed by atoms with van der Waals surface area (Å²) < 4.78 is 34.7. The van der Waals surface area contributed by atoms with Gasteiger partial charge in [0.1, 0.15) is 6.10 Å². The SMILES string of the molecule is Cc1cc(C)c(C)c(S(=O)(=O)N2CCCC(Oc3nccnc3N(C)C)C2)c1C. The van der Waals surface area contributed by atoms with Crippen LogP contribution in [0.4, 0.5) is 5.82 Å². The average Bonchev–Trinajstić information content (AvgIpc) is 2.67. The maximum absolute atomic E-state index is 13.5. The average molecular weight is 419 g/mol. The molecule has 1 fully saturated rings. The van der Waals surface area contributed by atoms with Crippen molar-refractivity contribution in [1.82, 2.24) is 14.3 Å². The van der Waals surface area contributed by atoms with Gasteiger partial charge in [-0.2, -0.15) is 4.31 Å². The van der Waals surface area contributed by atoms with Gasteiger partial charge < -0.3 is 9.64 Å². The van der Waals surface area contributed by atoms with Crippen molar-refractivity contribution < 1.29 is 13.2 Å². The van der Waals surface area contributed by atoms with E-state index in [1.54, 1.807) is 16.7 Å². The lowest BCUT2D eigenvalue weighted by molar-refractivity contribution is 0.125. The van der Waals surface area contributed by atoms with Crippen LogP contribution in [0.15, 0.2) is 23.4 Å². The summed E-state index contributed by atoms with van der Waals surface area (Å²) in [4.78, 5) is 10.9. The van der Waals surface area contributed by atoms with Gasteiger partial charge >= 0.3 is 0 Å². The lowest BCUT2D eigenvalue weighted by Crippen LogP contribution is -2.44. The summed E-state index contributed by atoms with van der Waals surface area (Å²) in [6.07, 6.45) is 4.46. The number of hydrogen-bond donors (Lipinski definition) is 0. The standard InChI is InChI=1S/C21H30N4O3S/c1-14-12-15(2)17(4)19(16(14)3)29(26,27)25-11-7-8-18(13-25)28-21-20(24(5)6)22-9-10-23-21/h9-10,12,18H,7-8,11,13H2,1-6H3. The largest absolute Gasteiger partial charge is 0.470 e. The van der Waals surface area contributed by atoms with Gasteiger partial charge in [-0.25, -0.2) is 18.4 Å². The van der Waals surface area contributed by atoms with Crippen molar-refractivity contribution in [3.8, 4) is 5.88 Å². The number of sulfonamides is 1. The van der Waals surface area contributed by atoms with Crippen molar-refractivity contribution in [3.05, 3.63) is 40.7 Å². The van der Waals surface area contributed by atoms with Crippen molar-refractivity contribution in [3.63, 3.8) is 0 Å². The van der Waals surface area contributed by atoms with Crippen LogP contribution in [0.5, 0.6) is 5.88 Å². The van der Waals surface area contributed by atoms with E-state index in [9.17, 15) is 8.42 Å². The summed E-state index contributed by atoms with van der Waals surface area (Å²) >= 11 is 0. The van der Waals surface area contributed by atoms with Gasteiger partial charge in [0.05, 0.1) is 11.4 Å². The Bertz CT molecular complexity index is 979. The van der Waals surface area contributed by atoms with Crippen LogP contribution in [0, 0.1) is 27.7 Å². The number of benzene rings is 1. The zero-order valence-corrected chi connectivity index (χ0v) is 18.9. The molecule has 2 heterocycles. The maximum atomic E-state index is 13.5. The fraction of sp³-hybridized carbons (Fsp3) is 0.524. The Hall–Kier alpha value is -2.19. The van der Waals surface area contributed by atoms with Gasteiger partial charge in [0.15, 0.2) is 5.82 Å². The molecule has 1 unspecified atom stereocenters. The lowest BCUT2D eigenvalue weighted by Gasteiger charge is -2.33. The molecule has 0 aliphatic carbocycles. The summed E-state index contributed by atoms with van der Waals surface area (Å²) in [6, 6.07) is 2.04. The van der Waals surface area contributed by atoms with Crippen LogP contribution >= 0.6 is 0 Å². The number of aryl methyl sites for hydroxylation is 2. The number of piperidine rings is 1. The molecule has 1 atom stereocenters. The second-order valence-electron chi connectivity index (χ2n) is 7.91. The lowest BCUT2D eigenvalue weighted by atomic mass is 10.0. The molecule has 0 spiro atoms. The molecule has 0 radical (unpaired) electrons. The topological polar surface area (TPSA) is 75.6 Å². The van der Waals surface area contributed by atoms with Crippen LogP contribution in [-0.2, 0) is 10.0 Å². The molecule has 1 aliphatic heterocycles. The molecule has 1 aromatic heterocycles. The fourth-order valence-corrected chi connectivity index (χ4v) is 5.87. The summed E-state index contributed by atoms with van der Waals surface area (Å²) in [5.74, 6) is 1.06. The van der Waals surface area contributed by atoms with Crippen molar-refractivity contribution >= 4 is 15.8 Å². The van der Waals surface area contributed by atoms with Crippen LogP contribution in [0.3, 0.4) is 0 Å². The van der Waals surface area contributed by atoms with Crippen LogP contribution in [0.1, 0.15) is 35.1 Å². The number of ether oxygens (including phenoxy) is 1. The van der Waals surface area contributed by atoms with Gasteiger partial charge in [0.25, 0.3) is 5.88 Å². The number of aromatic nitrogens is 2. The van der Waals surface area contributed by atoms with E-state index >= 15 is 0 Å². The first-order valence-corrected chi connectivity index (χ1v) is 11.3. The van der Waals surface area contributed by atoms with E-state index in [1.807, 2.05) is 52.8 Å². The maximum Gasteiger partial charge on any atom is 0.257 e. The zero-order valence-electron chi connectivity index (χ0n) is 18.1. The minimum absolute atomic E-state index is 0.263. The van der Waals surface area contributed by atoms with Gasteiger partial charge in [-0.15, -0.1) is 0 Å². The smallest absolute Gasteiger partial charge is 0.257 e. The van der Waals surface area contributed by atoms with Crippen LogP contribution in [0.2, 0.25) is 0 Å². The highest BCUT2D eigenvalue weighted by Crippen LogP contribution is 2.31. The first-order chi connectivity index (χ1) is 13.6. The number of hydrogen-bond acceptors (Lipinski definition) is 6. The third kappa shape index (κ3) is 4.23. The Labute approximate surface area is 173 Å². The summed E-state index contributed by atoms with van der Waals surface area (Å²) in [5, 5.41) is 0. The molecule has 0 amide bonds. The quantitative estimate of drug-likeness (QED) is 0.743. The van der Waals surface area contributed by atoms with E-state index < -0.39 is 10.0 Å². The second kappa shape index (κ2) is 8.28. The predicted octanol–water partition coefficient (Wildman–Crippen LogP) is 3.01. The summed E-state index contributed by atoms with van der Waals surface area (Å²) in [5.41, 5.74) is 3.62. The molecule has 1 aliphatic rings. The molecule has 1 saturated heterocycles. The van der Waals surface area contributed by atoms with E-state index in [-0.39, 0.29) is 6.10 Å². The van der Waals surface area contributed by atoms with Gasteiger partial charge in [0, 0.05) is 33.0 Å². The van der Waals surface area contributed by atoms with Gasteiger partial charge in [-0.1, -0.05) is 6.07 Å². The van der Waals surface area contributed by atoms with E-state index in [0.717, 1.165) is 35.1 Å². The summed E-state index contributed by atoms with van der Waals surface area (Å²) in [7, 11) is 0.137. The molecule has 158 valence electrons. The second-order valence-corrected chi connectivity index (χ2v) is 9.79. The van der Waals surface area contributed by atoms with Crippen LogP contribution in [-0.4, -0.2) is 56.0 Å². The molecule has 2 aromatic rings. The highest BCUT2D eigenvalue weighted by Gasteiger charge is 2.34. The minimum atomic E-state index is -3.61.